The van der Waals surface area contributed by atoms with Crippen LogP contribution in [0.15, 0.2) is 15.9 Å². The van der Waals surface area contributed by atoms with Gasteiger partial charge in [0.15, 0.2) is 5.82 Å². The maximum Gasteiger partial charge on any atom is 0.169 e. The van der Waals surface area contributed by atoms with Gasteiger partial charge in [-0.15, -0.1) is 11.3 Å². The summed E-state index contributed by atoms with van der Waals surface area (Å²) in [6.07, 6.45) is 0. The first-order chi connectivity index (χ1) is 8.52. The van der Waals surface area contributed by atoms with Gasteiger partial charge < -0.3 is 5.73 Å². The summed E-state index contributed by atoms with van der Waals surface area (Å²) in [6.45, 7) is 6.79. The lowest BCUT2D eigenvalue weighted by Crippen LogP contribution is -2.13. The van der Waals surface area contributed by atoms with E-state index in [-0.39, 0.29) is 0 Å². The highest BCUT2D eigenvalue weighted by Gasteiger charge is 2.15. The standard InChI is InChI=1S/C13H16BrN3S/c1-7(6-15)12-8(2)16-13(17-9(12)3)10-4-5-11(14)18-10/h4-5,7H,6,15H2,1-3H3. The Bertz CT molecular complexity index is 542. The summed E-state index contributed by atoms with van der Waals surface area (Å²) >= 11 is 5.11. The van der Waals surface area contributed by atoms with Gasteiger partial charge in [0.05, 0.1) is 8.66 Å². The normalized spacial score (nSPS) is 12.7. The molecule has 0 aliphatic carbocycles. The lowest BCUT2D eigenvalue weighted by Gasteiger charge is -2.15. The van der Waals surface area contributed by atoms with E-state index in [4.69, 9.17) is 5.73 Å². The van der Waals surface area contributed by atoms with E-state index in [1.807, 2.05) is 26.0 Å². The second kappa shape index (κ2) is 5.47. The van der Waals surface area contributed by atoms with Crippen LogP contribution in [0.2, 0.25) is 0 Å². The van der Waals surface area contributed by atoms with Crippen molar-refractivity contribution in [1.82, 2.24) is 9.97 Å². The highest BCUT2D eigenvalue weighted by Crippen LogP contribution is 2.31. The second-order valence-electron chi connectivity index (χ2n) is 4.37. The summed E-state index contributed by atoms with van der Waals surface area (Å²) in [5.41, 5.74) is 8.97. The molecule has 0 aliphatic heterocycles. The van der Waals surface area contributed by atoms with E-state index >= 15 is 0 Å². The number of nitrogens with zero attached hydrogens (tertiary/aromatic N) is 2. The van der Waals surface area contributed by atoms with Crippen molar-refractivity contribution in [2.24, 2.45) is 5.73 Å². The van der Waals surface area contributed by atoms with Crippen molar-refractivity contribution < 1.29 is 0 Å². The summed E-state index contributed by atoms with van der Waals surface area (Å²) in [5.74, 6) is 1.10. The summed E-state index contributed by atoms with van der Waals surface area (Å²) in [6, 6.07) is 4.06. The monoisotopic (exact) mass is 325 g/mol. The molecule has 1 unspecified atom stereocenters. The van der Waals surface area contributed by atoms with Gasteiger partial charge in [0, 0.05) is 11.4 Å². The number of rotatable bonds is 3. The first kappa shape index (κ1) is 13.6. The predicted octanol–water partition coefficient (Wildman–Crippen LogP) is 3.65. The van der Waals surface area contributed by atoms with Crippen LogP contribution in [-0.2, 0) is 0 Å². The van der Waals surface area contributed by atoms with Crippen molar-refractivity contribution in [2.45, 2.75) is 26.7 Å². The van der Waals surface area contributed by atoms with Crippen LogP contribution in [0.3, 0.4) is 0 Å². The lowest BCUT2D eigenvalue weighted by atomic mass is 9.98. The molecule has 3 nitrogen and oxygen atoms in total. The molecule has 0 amide bonds. The lowest BCUT2D eigenvalue weighted by molar-refractivity contribution is 0.744. The molecule has 0 aliphatic rings. The maximum absolute atomic E-state index is 5.73. The van der Waals surface area contributed by atoms with Crippen molar-refractivity contribution in [3.63, 3.8) is 0 Å². The van der Waals surface area contributed by atoms with E-state index in [1.54, 1.807) is 11.3 Å². The minimum absolute atomic E-state index is 0.300. The third-order valence-electron chi connectivity index (χ3n) is 2.97. The number of thiophene rings is 1. The molecular formula is C13H16BrN3S. The molecule has 18 heavy (non-hydrogen) atoms. The quantitative estimate of drug-likeness (QED) is 0.937. The average Bonchev–Trinajstić information content (AvgIpc) is 2.74. The zero-order valence-electron chi connectivity index (χ0n) is 10.7. The fourth-order valence-corrected chi connectivity index (χ4v) is 3.42. The van der Waals surface area contributed by atoms with Crippen LogP contribution in [0, 0.1) is 13.8 Å². The molecule has 96 valence electrons. The highest BCUT2D eigenvalue weighted by atomic mass is 79.9. The molecule has 2 N–H and O–H groups in total. The first-order valence-corrected chi connectivity index (χ1v) is 7.44. The smallest absolute Gasteiger partial charge is 0.169 e. The molecule has 2 aromatic heterocycles. The Kier molecular flexibility index (Phi) is 4.14. The molecule has 0 fully saturated rings. The van der Waals surface area contributed by atoms with E-state index in [9.17, 15) is 0 Å². The van der Waals surface area contributed by atoms with Crippen LogP contribution in [-0.4, -0.2) is 16.5 Å². The zero-order valence-corrected chi connectivity index (χ0v) is 13.1. The van der Waals surface area contributed by atoms with E-state index in [2.05, 4.69) is 32.8 Å². The van der Waals surface area contributed by atoms with Crippen LogP contribution >= 0.6 is 27.3 Å². The van der Waals surface area contributed by atoms with Crippen LogP contribution in [0.25, 0.3) is 10.7 Å². The minimum atomic E-state index is 0.300. The van der Waals surface area contributed by atoms with Crippen LogP contribution in [0.1, 0.15) is 29.8 Å². The molecular weight excluding hydrogens is 310 g/mol. The van der Waals surface area contributed by atoms with Crippen molar-refractivity contribution in [3.8, 4) is 10.7 Å². The zero-order chi connectivity index (χ0) is 13.3. The van der Waals surface area contributed by atoms with Gasteiger partial charge in [-0.05, 0) is 59.9 Å². The highest BCUT2D eigenvalue weighted by molar-refractivity contribution is 9.11. The number of aromatic nitrogens is 2. The Morgan fingerprint density at radius 2 is 1.89 bits per heavy atom. The SMILES string of the molecule is Cc1nc(-c2ccc(Br)s2)nc(C)c1C(C)CN. The number of aryl methyl sites for hydroxylation is 2. The molecule has 0 radical (unpaired) electrons. The molecule has 1 atom stereocenters. The van der Waals surface area contributed by atoms with E-state index < -0.39 is 0 Å². The molecule has 0 bridgehead atoms. The Morgan fingerprint density at radius 1 is 1.28 bits per heavy atom. The van der Waals surface area contributed by atoms with Gasteiger partial charge in [-0.1, -0.05) is 6.92 Å². The largest absolute Gasteiger partial charge is 0.330 e. The molecule has 0 saturated carbocycles. The number of nitrogens with two attached hydrogens (primary N) is 1. The molecule has 0 saturated heterocycles. The van der Waals surface area contributed by atoms with Gasteiger partial charge in [-0.25, -0.2) is 9.97 Å². The second-order valence-corrected chi connectivity index (χ2v) is 6.84. The van der Waals surface area contributed by atoms with Crippen molar-refractivity contribution in [2.75, 3.05) is 6.54 Å². The van der Waals surface area contributed by atoms with Gasteiger partial charge in [0.2, 0.25) is 0 Å². The topological polar surface area (TPSA) is 51.8 Å². The van der Waals surface area contributed by atoms with E-state index in [0.717, 1.165) is 25.9 Å². The molecule has 2 aromatic rings. The Balaban J connectivity index is 2.48. The maximum atomic E-state index is 5.73. The number of hydrogen-bond acceptors (Lipinski definition) is 4. The molecule has 5 heteroatoms. The van der Waals surface area contributed by atoms with Crippen molar-refractivity contribution in [1.29, 1.82) is 0 Å². The Hall–Kier alpha value is -0.780. The molecule has 2 rings (SSSR count). The fraction of sp³-hybridized carbons (Fsp3) is 0.385. The summed E-state index contributed by atoms with van der Waals surface area (Å²) in [5, 5.41) is 0. The third kappa shape index (κ3) is 2.63. The van der Waals surface area contributed by atoms with Crippen LogP contribution < -0.4 is 5.73 Å². The van der Waals surface area contributed by atoms with Gasteiger partial charge in [-0.2, -0.15) is 0 Å². The average molecular weight is 326 g/mol. The fourth-order valence-electron chi connectivity index (χ4n) is 2.10. The Morgan fingerprint density at radius 3 is 2.33 bits per heavy atom. The van der Waals surface area contributed by atoms with E-state index in [1.165, 1.54) is 5.56 Å². The summed E-state index contributed by atoms with van der Waals surface area (Å²) in [7, 11) is 0. The van der Waals surface area contributed by atoms with Gasteiger partial charge in [0.1, 0.15) is 0 Å². The van der Waals surface area contributed by atoms with E-state index in [0.29, 0.717) is 12.5 Å². The third-order valence-corrected chi connectivity index (χ3v) is 4.59. The minimum Gasteiger partial charge on any atom is -0.330 e. The van der Waals surface area contributed by atoms with Crippen LogP contribution in [0.4, 0.5) is 0 Å². The summed E-state index contributed by atoms with van der Waals surface area (Å²) < 4.78 is 1.09. The summed E-state index contributed by atoms with van der Waals surface area (Å²) in [4.78, 5) is 10.3. The van der Waals surface area contributed by atoms with Gasteiger partial charge >= 0.3 is 0 Å². The number of halogens is 1. The molecule has 2 heterocycles. The molecule has 0 spiro atoms. The molecule has 0 aromatic carbocycles. The Labute approximate surface area is 120 Å². The first-order valence-electron chi connectivity index (χ1n) is 5.83. The van der Waals surface area contributed by atoms with Crippen molar-refractivity contribution in [3.05, 3.63) is 32.9 Å². The van der Waals surface area contributed by atoms with Gasteiger partial charge in [0.25, 0.3) is 0 Å². The predicted molar refractivity (Wildman–Crippen MR) is 80.0 cm³/mol. The van der Waals surface area contributed by atoms with Gasteiger partial charge in [-0.3, -0.25) is 0 Å². The number of hydrogen-bond donors (Lipinski definition) is 1. The van der Waals surface area contributed by atoms with Crippen LogP contribution in [0.5, 0.6) is 0 Å². The van der Waals surface area contributed by atoms with Crippen molar-refractivity contribution >= 4 is 27.3 Å².